The van der Waals surface area contributed by atoms with Crippen molar-refractivity contribution in [3.8, 4) is 0 Å². The van der Waals surface area contributed by atoms with Crippen LogP contribution in [0.15, 0.2) is 11.2 Å². The minimum Gasteiger partial charge on any atom is -0.465 e. The summed E-state index contributed by atoms with van der Waals surface area (Å²) in [5.41, 5.74) is 0. The predicted octanol–water partition coefficient (Wildman–Crippen LogP) is 0.934. The third-order valence-corrected chi connectivity index (χ3v) is 4.62. The predicted molar refractivity (Wildman–Crippen MR) is 73.6 cm³/mol. The van der Waals surface area contributed by atoms with Crippen molar-refractivity contribution in [3.63, 3.8) is 0 Å². The van der Waals surface area contributed by atoms with Crippen LogP contribution in [0.2, 0.25) is 0 Å². The van der Waals surface area contributed by atoms with E-state index in [1.807, 2.05) is 6.92 Å². The Bertz CT molecular complexity index is 551. The van der Waals surface area contributed by atoms with Crippen LogP contribution in [0.1, 0.15) is 33.5 Å². The van der Waals surface area contributed by atoms with Crippen molar-refractivity contribution < 1.29 is 17.9 Å². The van der Waals surface area contributed by atoms with Gasteiger partial charge in [0.05, 0.1) is 12.8 Å². The molecule has 0 radical (unpaired) electrons. The third kappa shape index (κ3) is 3.80. The summed E-state index contributed by atoms with van der Waals surface area (Å²) in [5.74, 6) is 0.0171. The summed E-state index contributed by atoms with van der Waals surface area (Å²) in [7, 11) is -3.79. The molecule has 0 unspecified atom stereocenters. The van der Waals surface area contributed by atoms with Gasteiger partial charge >= 0.3 is 5.97 Å². The van der Waals surface area contributed by atoms with Crippen molar-refractivity contribution in [1.29, 1.82) is 0 Å². The first-order valence-corrected chi connectivity index (χ1v) is 7.98. The molecule has 7 nitrogen and oxygen atoms in total. The Hall–Kier alpha value is -1.41. The van der Waals surface area contributed by atoms with Crippen LogP contribution in [0.4, 0.5) is 0 Å². The molecule has 0 aliphatic heterocycles. The number of rotatable bonds is 7. The van der Waals surface area contributed by atoms with Gasteiger partial charge in [-0.15, -0.1) is 0 Å². The number of aromatic nitrogens is 2. The summed E-state index contributed by atoms with van der Waals surface area (Å²) in [6.45, 7) is 6.85. The lowest BCUT2D eigenvalue weighted by Gasteiger charge is -2.23. The number of ether oxygens (including phenoxy) is 1. The third-order valence-electron chi connectivity index (χ3n) is 2.69. The topological polar surface area (TPSA) is 92.4 Å². The number of H-pyrrole nitrogens is 1. The van der Waals surface area contributed by atoms with E-state index in [2.05, 4.69) is 9.97 Å². The molecule has 0 aliphatic carbocycles. The maximum Gasteiger partial charge on any atom is 0.321 e. The standard InChI is InChI=1S/C12H21N3O4S/c1-5-10-13-7-11(14-10)20(17,18)15(9(3)4)8-12(16)19-6-2/h7,9H,5-6,8H2,1-4H3,(H,13,14). The van der Waals surface area contributed by atoms with E-state index >= 15 is 0 Å². The van der Waals surface area contributed by atoms with Crippen molar-refractivity contribution in [2.45, 2.75) is 45.2 Å². The van der Waals surface area contributed by atoms with Crippen LogP contribution < -0.4 is 0 Å². The highest BCUT2D eigenvalue weighted by atomic mass is 32.2. The first kappa shape index (κ1) is 16.6. The lowest BCUT2D eigenvalue weighted by Crippen LogP contribution is -2.41. The zero-order valence-corrected chi connectivity index (χ0v) is 13.0. The van der Waals surface area contributed by atoms with Crippen LogP contribution in [0.3, 0.4) is 0 Å². The van der Waals surface area contributed by atoms with E-state index in [-0.39, 0.29) is 24.2 Å². The highest BCUT2D eigenvalue weighted by Gasteiger charge is 2.31. The molecule has 8 heteroatoms. The van der Waals surface area contributed by atoms with Crippen LogP contribution >= 0.6 is 0 Å². The molecule has 0 saturated heterocycles. The van der Waals surface area contributed by atoms with Gasteiger partial charge in [0.1, 0.15) is 12.4 Å². The number of aromatic amines is 1. The largest absolute Gasteiger partial charge is 0.465 e. The summed E-state index contributed by atoms with van der Waals surface area (Å²) in [5, 5.41) is -0.00708. The maximum atomic E-state index is 12.5. The number of aryl methyl sites for hydroxylation is 1. The molecule has 0 aromatic carbocycles. The van der Waals surface area contributed by atoms with Crippen LogP contribution in [0, 0.1) is 0 Å². The number of hydrogen-bond acceptors (Lipinski definition) is 5. The summed E-state index contributed by atoms with van der Waals surface area (Å²) in [6, 6.07) is -0.363. The molecule has 0 aliphatic rings. The fourth-order valence-corrected chi connectivity index (χ4v) is 3.18. The second-order valence-corrected chi connectivity index (χ2v) is 6.36. The van der Waals surface area contributed by atoms with Crippen LogP contribution in [0.25, 0.3) is 0 Å². The van der Waals surface area contributed by atoms with Gasteiger partial charge in [-0.3, -0.25) is 4.79 Å². The normalized spacial score (nSPS) is 12.1. The van der Waals surface area contributed by atoms with Crippen molar-refractivity contribution in [2.75, 3.05) is 13.2 Å². The van der Waals surface area contributed by atoms with Gasteiger partial charge in [0.2, 0.25) is 0 Å². The molecule has 1 aromatic heterocycles. The number of sulfonamides is 1. The van der Waals surface area contributed by atoms with Crippen molar-refractivity contribution in [1.82, 2.24) is 14.3 Å². The van der Waals surface area contributed by atoms with Gasteiger partial charge in [0, 0.05) is 12.5 Å². The zero-order chi connectivity index (χ0) is 15.3. The van der Waals surface area contributed by atoms with E-state index in [1.54, 1.807) is 20.8 Å². The molecule has 0 spiro atoms. The van der Waals surface area contributed by atoms with Gasteiger partial charge in [-0.1, -0.05) is 6.92 Å². The van der Waals surface area contributed by atoms with Gasteiger partial charge in [0.25, 0.3) is 10.0 Å². The molecule has 0 saturated carbocycles. The van der Waals surface area contributed by atoms with E-state index in [0.717, 1.165) is 4.31 Å². The fraction of sp³-hybridized carbons (Fsp3) is 0.667. The minimum atomic E-state index is -3.79. The van der Waals surface area contributed by atoms with E-state index in [9.17, 15) is 13.2 Å². The summed E-state index contributed by atoms with van der Waals surface area (Å²) < 4.78 is 30.9. The van der Waals surface area contributed by atoms with E-state index in [4.69, 9.17) is 4.74 Å². The molecule has 1 heterocycles. The Kier molecular flexibility index (Phi) is 5.70. The molecule has 0 amide bonds. The molecule has 1 aromatic rings. The SMILES string of the molecule is CCOC(=O)CN(C(C)C)S(=O)(=O)c1cnc(CC)[nH]1. The molecular weight excluding hydrogens is 282 g/mol. The number of nitrogens with one attached hydrogen (secondary N) is 1. The van der Waals surface area contributed by atoms with E-state index < -0.39 is 16.0 Å². The van der Waals surface area contributed by atoms with Crippen molar-refractivity contribution >= 4 is 16.0 Å². The highest BCUT2D eigenvalue weighted by Crippen LogP contribution is 2.16. The molecule has 0 fully saturated rings. The first-order valence-electron chi connectivity index (χ1n) is 6.54. The number of carbonyl (C=O) groups is 1. The first-order chi connectivity index (χ1) is 9.32. The summed E-state index contributed by atoms with van der Waals surface area (Å²) in [4.78, 5) is 18.3. The highest BCUT2D eigenvalue weighted by molar-refractivity contribution is 7.89. The average Bonchev–Trinajstić information content (AvgIpc) is 2.85. The van der Waals surface area contributed by atoms with Gasteiger partial charge < -0.3 is 9.72 Å². The van der Waals surface area contributed by atoms with Crippen LogP contribution in [-0.2, 0) is 26.0 Å². The van der Waals surface area contributed by atoms with Crippen molar-refractivity contribution in [2.24, 2.45) is 0 Å². The Morgan fingerprint density at radius 2 is 2.10 bits per heavy atom. The quantitative estimate of drug-likeness (QED) is 0.757. The molecule has 0 bridgehead atoms. The molecule has 1 N–H and O–H groups in total. The van der Waals surface area contributed by atoms with Gasteiger partial charge in [0.15, 0.2) is 5.03 Å². The molecule has 20 heavy (non-hydrogen) atoms. The molecule has 1 rings (SSSR count). The summed E-state index contributed by atoms with van der Waals surface area (Å²) in [6.07, 6.45) is 1.88. The van der Waals surface area contributed by atoms with Crippen LogP contribution in [-0.4, -0.2) is 47.9 Å². The number of esters is 1. The Balaban J connectivity index is 3.03. The monoisotopic (exact) mass is 303 g/mol. The van der Waals surface area contributed by atoms with Gasteiger partial charge in [-0.05, 0) is 20.8 Å². The van der Waals surface area contributed by atoms with Gasteiger partial charge in [-0.25, -0.2) is 13.4 Å². The molecule has 114 valence electrons. The number of hydrogen-bond donors (Lipinski definition) is 1. The maximum absolute atomic E-state index is 12.5. The van der Waals surface area contributed by atoms with E-state index in [1.165, 1.54) is 6.20 Å². The second kappa shape index (κ2) is 6.85. The van der Waals surface area contributed by atoms with Crippen LogP contribution in [0.5, 0.6) is 0 Å². The number of imidazole rings is 1. The fourth-order valence-electron chi connectivity index (χ4n) is 1.66. The molecule has 0 atom stereocenters. The van der Waals surface area contributed by atoms with E-state index in [0.29, 0.717) is 12.2 Å². The lowest BCUT2D eigenvalue weighted by atomic mass is 10.4. The minimum absolute atomic E-state index is 0.00708. The lowest BCUT2D eigenvalue weighted by molar-refractivity contribution is -0.143. The Morgan fingerprint density at radius 3 is 2.55 bits per heavy atom. The average molecular weight is 303 g/mol. The number of nitrogens with zero attached hydrogens (tertiary/aromatic N) is 2. The Labute approximate surface area is 119 Å². The van der Waals surface area contributed by atoms with Crippen molar-refractivity contribution in [3.05, 3.63) is 12.0 Å². The summed E-state index contributed by atoms with van der Waals surface area (Å²) >= 11 is 0. The smallest absolute Gasteiger partial charge is 0.321 e. The van der Waals surface area contributed by atoms with Gasteiger partial charge in [-0.2, -0.15) is 4.31 Å². The molecular formula is C12H21N3O4S. The second-order valence-electron chi connectivity index (χ2n) is 4.50. The number of carbonyl (C=O) groups excluding carboxylic acids is 1. The zero-order valence-electron chi connectivity index (χ0n) is 12.2. The Morgan fingerprint density at radius 1 is 1.45 bits per heavy atom.